The highest BCUT2D eigenvalue weighted by Crippen LogP contribution is 2.42. The number of carbonyl (C=O) groups excluding carboxylic acids is 2. The lowest BCUT2D eigenvalue weighted by molar-refractivity contribution is -0.132. The van der Waals surface area contributed by atoms with E-state index in [-0.39, 0.29) is 36.2 Å². The Kier molecular flexibility index (Phi) is 6.11. The lowest BCUT2D eigenvalue weighted by Crippen LogP contribution is -2.55. The van der Waals surface area contributed by atoms with Gasteiger partial charge in [-0.3, -0.25) is 14.3 Å². The summed E-state index contributed by atoms with van der Waals surface area (Å²) < 4.78 is 1.69. The second-order valence-electron chi connectivity index (χ2n) is 8.26. The third kappa shape index (κ3) is 3.99. The third-order valence-electron chi connectivity index (χ3n) is 6.54. The minimum Gasteiger partial charge on any atom is -0.344 e. The molecule has 3 unspecified atom stereocenters. The molecule has 1 aromatic rings. The highest BCUT2D eigenvalue weighted by Gasteiger charge is 2.41. The predicted molar refractivity (Wildman–Crippen MR) is 106 cm³/mol. The number of amides is 2. The Labute approximate surface area is 166 Å². The van der Waals surface area contributed by atoms with Crippen molar-refractivity contribution in [2.75, 3.05) is 11.4 Å². The topological polar surface area (TPSA) is 93.2 Å². The molecule has 0 aromatic carbocycles. The van der Waals surface area contributed by atoms with Crippen LogP contribution in [-0.4, -0.2) is 40.2 Å². The SMILES string of the molecule is Cl.Cn1cc(N2CCCC(NC(=O)C3CC4CCCC(C3)C4N)C2=O)cn1. The summed E-state index contributed by atoms with van der Waals surface area (Å²) in [4.78, 5) is 27.5. The molecule has 1 aliphatic heterocycles. The molecule has 7 nitrogen and oxygen atoms in total. The van der Waals surface area contributed by atoms with E-state index in [1.165, 1.54) is 6.42 Å². The first-order valence-corrected chi connectivity index (χ1v) is 9.89. The Balaban J connectivity index is 0.00000210. The van der Waals surface area contributed by atoms with Crippen LogP contribution in [0.3, 0.4) is 0 Å². The van der Waals surface area contributed by atoms with Crippen LogP contribution in [0.1, 0.15) is 44.9 Å². The van der Waals surface area contributed by atoms with Crippen molar-refractivity contribution in [3.8, 4) is 0 Å². The predicted octanol–water partition coefficient (Wildman–Crippen LogP) is 1.61. The lowest BCUT2D eigenvalue weighted by atomic mass is 9.65. The number of aryl methyl sites for hydroxylation is 1. The van der Waals surface area contributed by atoms with E-state index in [2.05, 4.69) is 10.4 Å². The van der Waals surface area contributed by atoms with Gasteiger partial charge < -0.3 is 16.0 Å². The number of halogens is 1. The van der Waals surface area contributed by atoms with E-state index in [1.54, 1.807) is 15.8 Å². The van der Waals surface area contributed by atoms with Gasteiger partial charge in [0.25, 0.3) is 0 Å². The van der Waals surface area contributed by atoms with Crippen LogP contribution in [0.25, 0.3) is 0 Å². The molecule has 2 heterocycles. The molecule has 3 fully saturated rings. The molecular weight excluding hydrogens is 366 g/mol. The number of piperidine rings is 1. The smallest absolute Gasteiger partial charge is 0.249 e. The second kappa shape index (κ2) is 8.19. The van der Waals surface area contributed by atoms with Crippen molar-refractivity contribution < 1.29 is 9.59 Å². The number of aromatic nitrogens is 2. The van der Waals surface area contributed by atoms with Gasteiger partial charge in [0.1, 0.15) is 6.04 Å². The minimum absolute atomic E-state index is 0. The molecule has 1 saturated heterocycles. The van der Waals surface area contributed by atoms with Crippen molar-refractivity contribution in [2.45, 2.75) is 57.0 Å². The maximum atomic E-state index is 12.9. The van der Waals surface area contributed by atoms with Crippen LogP contribution in [-0.2, 0) is 16.6 Å². The molecule has 0 spiro atoms. The quantitative estimate of drug-likeness (QED) is 0.813. The number of nitrogens with zero attached hydrogens (tertiary/aromatic N) is 3. The minimum atomic E-state index is -0.424. The van der Waals surface area contributed by atoms with Crippen LogP contribution >= 0.6 is 12.4 Å². The number of rotatable bonds is 3. The molecule has 2 aliphatic carbocycles. The normalized spacial score (nSPS) is 33.3. The first-order valence-electron chi connectivity index (χ1n) is 9.89. The van der Waals surface area contributed by atoms with Gasteiger partial charge in [0.15, 0.2) is 0 Å². The van der Waals surface area contributed by atoms with Gasteiger partial charge in [-0.15, -0.1) is 12.4 Å². The molecule has 2 bridgehead atoms. The fourth-order valence-corrected chi connectivity index (χ4v) is 5.11. The molecule has 2 saturated carbocycles. The average molecular weight is 396 g/mol. The standard InChI is InChI=1S/C19H29N5O2.ClH/c1-23-11-15(10-21-23)24-7-3-6-16(19(24)26)22-18(25)14-8-12-4-2-5-13(9-14)17(12)20;/h10-14,16-17H,2-9,20H2,1H3,(H,22,25);1H. The maximum Gasteiger partial charge on any atom is 0.249 e. The summed E-state index contributed by atoms with van der Waals surface area (Å²) in [6.07, 6.45) is 10.4. The zero-order valence-electron chi connectivity index (χ0n) is 15.8. The fraction of sp³-hybridized carbons (Fsp3) is 0.737. The molecule has 3 atom stereocenters. The van der Waals surface area contributed by atoms with E-state index in [0.29, 0.717) is 24.8 Å². The molecule has 3 aliphatic rings. The number of hydrogen-bond acceptors (Lipinski definition) is 4. The largest absolute Gasteiger partial charge is 0.344 e. The van der Waals surface area contributed by atoms with Gasteiger partial charge in [0, 0.05) is 31.7 Å². The Morgan fingerprint density at radius 3 is 2.56 bits per heavy atom. The van der Waals surface area contributed by atoms with E-state index in [4.69, 9.17) is 5.73 Å². The molecule has 2 amide bonds. The summed E-state index contributed by atoms with van der Waals surface area (Å²) in [7, 11) is 1.84. The van der Waals surface area contributed by atoms with Crippen molar-refractivity contribution in [3.63, 3.8) is 0 Å². The molecular formula is C19H30ClN5O2. The molecule has 27 heavy (non-hydrogen) atoms. The van der Waals surface area contributed by atoms with Gasteiger partial charge in [0.2, 0.25) is 11.8 Å². The van der Waals surface area contributed by atoms with Crippen LogP contribution < -0.4 is 16.0 Å². The van der Waals surface area contributed by atoms with Gasteiger partial charge in [-0.25, -0.2) is 0 Å². The molecule has 3 N–H and O–H groups in total. The van der Waals surface area contributed by atoms with Crippen molar-refractivity contribution in [2.24, 2.45) is 30.5 Å². The summed E-state index contributed by atoms with van der Waals surface area (Å²) >= 11 is 0. The van der Waals surface area contributed by atoms with Gasteiger partial charge in [-0.1, -0.05) is 6.42 Å². The van der Waals surface area contributed by atoms with Gasteiger partial charge in [-0.05, 0) is 50.4 Å². The number of anilines is 1. The van der Waals surface area contributed by atoms with E-state index >= 15 is 0 Å². The number of nitrogens with one attached hydrogen (secondary N) is 1. The van der Waals surface area contributed by atoms with Crippen molar-refractivity contribution in [3.05, 3.63) is 12.4 Å². The third-order valence-corrected chi connectivity index (χ3v) is 6.54. The first-order chi connectivity index (χ1) is 12.5. The number of nitrogens with two attached hydrogens (primary N) is 1. The highest BCUT2D eigenvalue weighted by atomic mass is 35.5. The van der Waals surface area contributed by atoms with E-state index in [1.807, 2.05) is 13.2 Å². The molecule has 150 valence electrons. The Bertz CT molecular complexity index is 679. The van der Waals surface area contributed by atoms with Crippen LogP contribution in [0, 0.1) is 17.8 Å². The summed E-state index contributed by atoms with van der Waals surface area (Å²) in [5.74, 6) is 0.955. The van der Waals surface area contributed by atoms with Crippen LogP contribution in [0.5, 0.6) is 0 Å². The van der Waals surface area contributed by atoms with Gasteiger partial charge in [-0.2, -0.15) is 5.10 Å². The van der Waals surface area contributed by atoms with E-state index < -0.39 is 6.04 Å². The van der Waals surface area contributed by atoms with Crippen LogP contribution in [0.2, 0.25) is 0 Å². The van der Waals surface area contributed by atoms with Crippen molar-refractivity contribution >= 4 is 29.9 Å². The zero-order valence-corrected chi connectivity index (χ0v) is 16.7. The summed E-state index contributed by atoms with van der Waals surface area (Å²) in [5.41, 5.74) is 7.14. The number of fused-ring (bicyclic) bond motifs is 2. The Hall–Kier alpha value is -1.60. The fourth-order valence-electron chi connectivity index (χ4n) is 5.11. The van der Waals surface area contributed by atoms with Crippen molar-refractivity contribution in [1.82, 2.24) is 15.1 Å². The summed E-state index contributed by atoms with van der Waals surface area (Å²) in [6.45, 7) is 0.680. The second-order valence-corrected chi connectivity index (χ2v) is 8.26. The molecule has 8 heteroatoms. The summed E-state index contributed by atoms with van der Waals surface area (Å²) in [5, 5.41) is 7.20. The molecule has 4 rings (SSSR count). The van der Waals surface area contributed by atoms with Crippen LogP contribution in [0.15, 0.2) is 12.4 Å². The zero-order chi connectivity index (χ0) is 18.3. The molecule has 0 radical (unpaired) electrons. The first kappa shape index (κ1) is 20.1. The monoisotopic (exact) mass is 395 g/mol. The van der Waals surface area contributed by atoms with E-state index in [0.717, 1.165) is 37.8 Å². The summed E-state index contributed by atoms with van der Waals surface area (Å²) in [6, 6.07) is -0.169. The van der Waals surface area contributed by atoms with E-state index in [9.17, 15) is 9.59 Å². The van der Waals surface area contributed by atoms with Gasteiger partial charge in [0.05, 0.1) is 11.9 Å². The number of hydrogen-bond donors (Lipinski definition) is 2. The average Bonchev–Trinajstić information content (AvgIpc) is 3.02. The molecule has 1 aromatic heterocycles. The maximum absolute atomic E-state index is 12.9. The number of carbonyl (C=O) groups is 2. The highest BCUT2D eigenvalue weighted by molar-refractivity contribution is 5.99. The van der Waals surface area contributed by atoms with Crippen LogP contribution in [0.4, 0.5) is 5.69 Å². The Morgan fingerprint density at radius 2 is 1.93 bits per heavy atom. The lowest BCUT2D eigenvalue weighted by Gasteiger charge is -2.44. The van der Waals surface area contributed by atoms with Gasteiger partial charge >= 0.3 is 0 Å². The Morgan fingerprint density at radius 1 is 1.22 bits per heavy atom. The van der Waals surface area contributed by atoms with Crippen molar-refractivity contribution in [1.29, 1.82) is 0 Å².